The molecule has 2 amide bonds. The first kappa shape index (κ1) is 25.3. The number of aryl methyl sites for hydroxylation is 2. The van der Waals surface area contributed by atoms with Crippen molar-refractivity contribution in [2.24, 2.45) is 0 Å². The Balaban J connectivity index is 2.16. The van der Waals surface area contributed by atoms with Crippen LogP contribution in [0.5, 0.6) is 0 Å². The summed E-state index contributed by atoms with van der Waals surface area (Å²) in [6.07, 6.45) is 0.538. The standard InChI is InChI=1S/C25H33ClN2O2S/c1-6-23(25(30)27-17(2)3)28(14-21-9-7-8-10-22(21)26)24(29)16-31-15-20-12-18(4)11-19(5)13-20/h7-13,17,23H,6,14-16H2,1-5H3,(H,27,30)/t23-/m0/s1. The number of halogens is 1. The Kier molecular flexibility index (Phi) is 9.92. The van der Waals surface area contributed by atoms with Gasteiger partial charge in [-0.3, -0.25) is 9.59 Å². The van der Waals surface area contributed by atoms with Gasteiger partial charge in [0, 0.05) is 23.4 Å². The van der Waals surface area contributed by atoms with Crippen LogP contribution >= 0.6 is 23.4 Å². The van der Waals surface area contributed by atoms with E-state index in [4.69, 9.17) is 11.6 Å². The highest BCUT2D eigenvalue weighted by molar-refractivity contribution is 7.99. The van der Waals surface area contributed by atoms with Crippen molar-refractivity contribution in [3.8, 4) is 0 Å². The van der Waals surface area contributed by atoms with Gasteiger partial charge in [0.2, 0.25) is 11.8 Å². The molecule has 0 heterocycles. The first-order valence-corrected chi connectivity index (χ1v) is 12.2. The summed E-state index contributed by atoms with van der Waals surface area (Å²) in [7, 11) is 0. The first-order valence-electron chi connectivity index (χ1n) is 10.7. The van der Waals surface area contributed by atoms with Gasteiger partial charge in [-0.1, -0.05) is 66.0 Å². The van der Waals surface area contributed by atoms with E-state index in [0.717, 1.165) is 11.3 Å². The molecule has 1 N–H and O–H groups in total. The van der Waals surface area contributed by atoms with E-state index < -0.39 is 6.04 Å². The molecular formula is C25H33ClN2O2S. The number of hydrogen-bond acceptors (Lipinski definition) is 3. The summed E-state index contributed by atoms with van der Waals surface area (Å²) in [4.78, 5) is 27.8. The molecule has 0 fully saturated rings. The fourth-order valence-corrected chi connectivity index (χ4v) is 4.64. The van der Waals surface area contributed by atoms with Crippen LogP contribution < -0.4 is 5.32 Å². The maximum absolute atomic E-state index is 13.3. The lowest BCUT2D eigenvalue weighted by Gasteiger charge is -2.31. The summed E-state index contributed by atoms with van der Waals surface area (Å²) in [6, 6.07) is 13.4. The third kappa shape index (κ3) is 7.89. The fraction of sp³-hybridized carbons (Fsp3) is 0.440. The monoisotopic (exact) mass is 460 g/mol. The molecule has 0 aliphatic carbocycles. The van der Waals surface area contributed by atoms with Crippen LogP contribution in [0.3, 0.4) is 0 Å². The highest BCUT2D eigenvalue weighted by Crippen LogP contribution is 2.22. The molecule has 1 atom stereocenters. The third-order valence-corrected chi connectivity index (χ3v) is 6.25. The molecule has 0 saturated heterocycles. The van der Waals surface area contributed by atoms with Crippen molar-refractivity contribution in [3.63, 3.8) is 0 Å². The summed E-state index contributed by atoms with van der Waals surface area (Å²) in [5, 5.41) is 3.55. The van der Waals surface area contributed by atoms with Gasteiger partial charge in [-0.05, 0) is 51.3 Å². The molecule has 0 bridgehead atoms. The van der Waals surface area contributed by atoms with Crippen molar-refractivity contribution in [3.05, 3.63) is 69.7 Å². The van der Waals surface area contributed by atoms with E-state index in [1.165, 1.54) is 16.7 Å². The van der Waals surface area contributed by atoms with Gasteiger partial charge in [0.15, 0.2) is 0 Å². The van der Waals surface area contributed by atoms with Gasteiger partial charge in [-0.25, -0.2) is 0 Å². The van der Waals surface area contributed by atoms with Crippen molar-refractivity contribution in [1.29, 1.82) is 0 Å². The molecule has 31 heavy (non-hydrogen) atoms. The summed E-state index contributed by atoms with van der Waals surface area (Å²) in [6.45, 7) is 10.2. The van der Waals surface area contributed by atoms with Crippen LogP contribution in [0.1, 0.15) is 49.4 Å². The highest BCUT2D eigenvalue weighted by Gasteiger charge is 2.29. The lowest BCUT2D eigenvalue weighted by Crippen LogP contribution is -2.51. The zero-order valence-electron chi connectivity index (χ0n) is 19.1. The number of benzene rings is 2. The molecule has 0 saturated carbocycles. The fourth-order valence-electron chi connectivity index (χ4n) is 3.60. The van der Waals surface area contributed by atoms with Crippen LogP contribution in [0, 0.1) is 13.8 Å². The quantitative estimate of drug-likeness (QED) is 0.507. The van der Waals surface area contributed by atoms with E-state index in [1.807, 2.05) is 45.0 Å². The summed E-state index contributed by atoms with van der Waals surface area (Å²) < 4.78 is 0. The number of carbonyl (C=O) groups is 2. The van der Waals surface area contributed by atoms with E-state index in [2.05, 4.69) is 37.4 Å². The molecule has 0 radical (unpaired) electrons. The number of thioether (sulfide) groups is 1. The largest absolute Gasteiger partial charge is 0.352 e. The van der Waals surface area contributed by atoms with Gasteiger partial charge in [-0.2, -0.15) is 0 Å². The van der Waals surface area contributed by atoms with Gasteiger partial charge in [0.1, 0.15) is 6.04 Å². The van der Waals surface area contributed by atoms with Crippen molar-refractivity contribution in [1.82, 2.24) is 10.2 Å². The number of carbonyl (C=O) groups excluding carboxylic acids is 2. The van der Waals surface area contributed by atoms with Crippen LogP contribution in [0.25, 0.3) is 0 Å². The Bertz CT molecular complexity index is 881. The van der Waals surface area contributed by atoms with Crippen LogP contribution in [0.15, 0.2) is 42.5 Å². The van der Waals surface area contributed by atoms with Crippen molar-refractivity contribution in [2.75, 3.05) is 5.75 Å². The van der Waals surface area contributed by atoms with Crippen LogP contribution in [-0.2, 0) is 21.9 Å². The third-order valence-electron chi connectivity index (χ3n) is 4.89. The lowest BCUT2D eigenvalue weighted by molar-refractivity contribution is -0.139. The molecule has 2 aromatic rings. The average Bonchev–Trinajstić information content (AvgIpc) is 2.68. The Morgan fingerprint density at radius 2 is 1.74 bits per heavy atom. The maximum Gasteiger partial charge on any atom is 0.243 e. The van der Waals surface area contributed by atoms with Crippen molar-refractivity contribution < 1.29 is 9.59 Å². The molecule has 0 aliphatic rings. The molecule has 2 aromatic carbocycles. The zero-order valence-corrected chi connectivity index (χ0v) is 20.6. The number of amides is 2. The predicted molar refractivity (Wildman–Crippen MR) is 131 cm³/mol. The molecule has 0 spiro atoms. The van der Waals surface area contributed by atoms with Gasteiger partial charge in [0.05, 0.1) is 5.75 Å². The van der Waals surface area contributed by atoms with Crippen molar-refractivity contribution >= 4 is 35.2 Å². The summed E-state index contributed by atoms with van der Waals surface area (Å²) in [5.74, 6) is 0.878. The van der Waals surface area contributed by atoms with Crippen molar-refractivity contribution in [2.45, 2.75) is 65.4 Å². The molecule has 168 valence electrons. The van der Waals surface area contributed by atoms with E-state index >= 15 is 0 Å². The van der Waals surface area contributed by atoms with Crippen LogP contribution in [-0.4, -0.2) is 34.6 Å². The molecule has 0 aromatic heterocycles. The molecule has 0 unspecified atom stereocenters. The topological polar surface area (TPSA) is 49.4 Å². The lowest BCUT2D eigenvalue weighted by atomic mass is 10.1. The van der Waals surface area contributed by atoms with E-state index in [9.17, 15) is 9.59 Å². The summed E-state index contributed by atoms with van der Waals surface area (Å²) in [5.41, 5.74) is 4.49. The molecule has 6 heteroatoms. The maximum atomic E-state index is 13.3. The predicted octanol–water partition coefficient (Wildman–Crippen LogP) is 5.52. The smallest absolute Gasteiger partial charge is 0.243 e. The number of rotatable bonds is 10. The average molecular weight is 461 g/mol. The molecule has 0 aliphatic heterocycles. The molecule has 4 nitrogen and oxygen atoms in total. The number of nitrogens with zero attached hydrogens (tertiary/aromatic N) is 1. The van der Waals surface area contributed by atoms with E-state index in [0.29, 0.717) is 23.7 Å². The second-order valence-electron chi connectivity index (χ2n) is 8.19. The van der Waals surface area contributed by atoms with E-state index in [1.54, 1.807) is 16.7 Å². The SMILES string of the molecule is CC[C@@H](C(=O)NC(C)C)N(Cc1ccccc1Cl)C(=O)CSCc1cc(C)cc(C)c1. The summed E-state index contributed by atoms with van der Waals surface area (Å²) >= 11 is 7.93. The van der Waals surface area contributed by atoms with Gasteiger partial charge in [-0.15, -0.1) is 11.8 Å². The number of hydrogen-bond donors (Lipinski definition) is 1. The second kappa shape index (κ2) is 12.2. The second-order valence-corrected chi connectivity index (χ2v) is 9.58. The van der Waals surface area contributed by atoms with Gasteiger partial charge < -0.3 is 10.2 Å². The normalized spacial score (nSPS) is 12.0. The number of nitrogens with one attached hydrogen (secondary N) is 1. The Hall–Kier alpha value is -1.98. The van der Waals surface area contributed by atoms with Crippen LogP contribution in [0.2, 0.25) is 5.02 Å². The Morgan fingerprint density at radius 1 is 1.10 bits per heavy atom. The molecular weight excluding hydrogens is 428 g/mol. The highest BCUT2D eigenvalue weighted by atomic mass is 35.5. The van der Waals surface area contributed by atoms with E-state index in [-0.39, 0.29) is 17.9 Å². The minimum Gasteiger partial charge on any atom is -0.352 e. The minimum absolute atomic E-state index is 0.0118. The van der Waals surface area contributed by atoms with Gasteiger partial charge in [0.25, 0.3) is 0 Å². The van der Waals surface area contributed by atoms with Gasteiger partial charge >= 0.3 is 0 Å². The first-order chi connectivity index (χ1) is 14.7. The minimum atomic E-state index is -0.534. The van der Waals surface area contributed by atoms with Crippen LogP contribution in [0.4, 0.5) is 0 Å². The Morgan fingerprint density at radius 3 is 2.32 bits per heavy atom. The molecule has 2 rings (SSSR count). The Labute approximate surface area is 195 Å². The zero-order chi connectivity index (χ0) is 23.0.